The van der Waals surface area contributed by atoms with Crippen LogP contribution in [0, 0.1) is 6.92 Å². The molecular formula is C14H16BrClN2O2. The van der Waals surface area contributed by atoms with Gasteiger partial charge in [0.25, 0.3) is 0 Å². The summed E-state index contributed by atoms with van der Waals surface area (Å²) in [5, 5.41) is 15.3. The highest BCUT2D eigenvalue weighted by Crippen LogP contribution is 2.35. The van der Waals surface area contributed by atoms with E-state index in [2.05, 4.69) is 21.0 Å². The van der Waals surface area contributed by atoms with Crippen LogP contribution < -0.4 is 4.74 Å². The third-order valence-electron chi connectivity index (χ3n) is 3.21. The Hall–Kier alpha value is -1.04. The number of aliphatic hydroxyl groups excluding tert-OH is 1. The zero-order valence-corrected chi connectivity index (χ0v) is 13.9. The number of halogens is 2. The molecule has 0 saturated carbocycles. The molecule has 0 spiro atoms. The first-order valence-electron chi connectivity index (χ1n) is 6.14. The topological polar surface area (TPSA) is 47.3 Å². The number of hydrogen-bond acceptors (Lipinski definition) is 3. The number of ether oxygens (including phenoxy) is 1. The van der Waals surface area contributed by atoms with Crippen LogP contribution in [0.25, 0.3) is 0 Å². The summed E-state index contributed by atoms with van der Waals surface area (Å²) in [5.41, 5.74) is 2.40. The maximum absolute atomic E-state index is 10.5. The van der Waals surface area contributed by atoms with E-state index in [-0.39, 0.29) is 0 Å². The van der Waals surface area contributed by atoms with Crippen LogP contribution in [0.5, 0.6) is 5.75 Å². The van der Waals surface area contributed by atoms with Crippen LogP contribution in [0.2, 0.25) is 5.02 Å². The molecule has 0 fully saturated rings. The van der Waals surface area contributed by atoms with Gasteiger partial charge in [-0.1, -0.05) is 17.7 Å². The molecule has 1 unspecified atom stereocenters. The van der Waals surface area contributed by atoms with Gasteiger partial charge in [0.15, 0.2) is 0 Å². The smallest absolute Gasteiger partial charge is 0.126 e. The molecule has 0 aliphatic carbocycles. The molecule has 1 heterocycles. The first-order valence-corrected chi connectivity index (χ1v) is 7.31. The van der Waals surface area contributed by atoms with E-state index in [1.165, 1.54) is 0 Å². The number of hydrogen-bond donors (Lipinski definition) is 1. The van der Waals surface area contributed by atoms with Crippen molar-refractivity contribution in [2.75, 3.05) is 7.11 Å². The van der Waals surface area contributed by atoms with Crippen LogP contribution in [0.1, 0.15) is 23.1 Å². The van der Waals surface area contributed by atoms with Crippen molar-refractivity contribution in [3.8, 4) is 5.75 Å². The molecule has 0 amide bonds. The summed E-state index contributed by atoms with van der Waals surface area (Å²) in [6.45, 7) is 1.91. The van der Waals surface area contributed by atoms with Gasteiger partial charge in [0.05, 0.1) is 34.1 Å². The molecule has 1 aromatic carbocycles. The molecule has 1 N–H and O–H groups in total. The fourth-order valence-corrected chi connectivity index (χ4v) is 3.00. The lowest BCUT2D eigenvalue weighted by molar-refractivity contribution is 0.171. The van der Waals surface area contributed by atoms with Gasteiger partial charge in [-0.05, 0) is 35.0 Å². The fraction of sp³-hybridized carbons (Fsp3) is 0.357. The average Bonchev–Trinajstić information content (AvgIpc) is 2.64. The standard InChI is InChI=1S/C14H16BrClN2O2/c1-8-14(15)10(18(2)17-8)7-11(19)13-9(16)5-4-6-12(13)20-3/h4-6,11,19H,7H2,1-3H3. The Morgan fingerprint density at radius 1 is 1.50 bits per heavy atom. The van der Waals surface area contributed by atoms with Crippen molar-refractivity contribution >= 4 is 27.5 Å². The van der Waals surface area contributed by atoms with Gasteiger partial charge in [-0.3, -0.25) is 4.68 Å². The number of benzene rings is 1. The predicted octanol–water partition coefficient (Wildman–Crippen LogP) is 3.43. The van der Waals surface area contributed by atoms with E-state index in [4.69, 9.17) is 16.3 Å². The van der Waals surface area contributed by atoms with Crippen molar-refractivity contribution in [2.45, 2.75) is 19.4 Å². The lowest BCUT2D eigenvalue weighted by Crippen LogP contribution is -2.08. The monoisotopic (exact) mass is 358 g/mol. The van der Waals surface area contributed by atoms with Crippen LogP contribution in [-0.2, 0) is 13.5 Å². The Bertz CT molecular complexity index is 628. The van der Waals surface area contributed by atoms with E-state index in [0.29, 0.717) is 22.8 Å². The lowest BCUT2D eigenvalue weighted by Gasteiger charge is -2.16. The molecule has 0 aliphatic rings. The number of aromatic nitrogens is 2. The molecule has 4 nitrogen and oxygen atoms in total. The van der Waals surface area contributed by atoms with E-state index in [1.807, 2.05) is 14.0 Å². The van der Waals surface area contributed by atoms with Gasteiger partial charge in [0.1, 0.15) is 5.75 Å². The van der Waals surface area contributed by atoms with Crippen molar-refractivity contribution < 1.29 is 9.84 Å². The average molecular weight is 360 g/mol. The minimum absolute atomic E-state index is 0.401. The summed E-state index contributed by atoms with van der Waals surface area (Å²) in [4.78, 5) is 0. The molecule has 0 bridgehead atoms. The molecule has 2 rings (SSSR count). The van der Waals surface area contributed by atoms with Crippen molar-refractivity contribution in [1.29, 1.82) is 0 Å². The SMILES string of the molecule is COc1cccc(Cl)c1C(O)Cc1c(Br)c(C)nn1C. The molecule has 108 valence electrons. The largest absolute Gasteiger partial charge is 0.496 e. The molecule has 0 aliphatic heterocycles. The van der Waals surface area contributed by atoms with Gasteiger partial charge in [-0.15, -0.1) is 0 Å². The summed E-state index contributed by atoms with van der Waals surface area (Å²) in [7, 11) is 3.41. The zero-order chi connectivity index (χ0) is 14.9. The van der Waals surface area contributed by atoms with Crippen molar-refractivity contribution in [3.63, 3.8) is 0 Å². The normalized spacial score (nSPS) is 12.5. The van der Waals surface area contributed by atoms with Crippen LogP contribution in [0.15, 0.2) is 22.7 Å². The van der Waals surface area contributed by atoms with Gasteiger partial charge in [0, 0.05) is 19.0 Å². The van der Waals surface area contributed by atoms with Crippen molar-refractivity contribution in [2.24, 2.45) is 7.05 Å². The van der Waals surface area contributed by atoms with Gasteiger partial charge in [-0.25, -0.2) is 0 Å². The first kappa shape index (κ1) is 15.4. The quantitative estimate of drug-likeness (QED) is 0.910. The van der Waals surface area contributed by atoms with E-state index < -0.39 is 6.10 Å². The highest BCUT2D eigenvalue weighted by atomic mass is 79.9. The molecule has 2 aromatic rings. The molecule has 1 atom stereocenters. The summed E-state index contributed by atoms with van der Waals surface area (Å²) >= 11 is 9.68. The molecule has 1 aromatic heterocycles. The van der Waals surface area contributed by atoms with Gasteiger partial charge < -0.3 is 9.84 Å². The third-order valence-corrected chi connectivity index (χ3v) is 4.58. The van der Waals surface area contributed by atoms with Gasteiger partial charge >= 0.3 is 0 Å². The summed E-state index contributed by atoms with van der Waals surface area (Å²) in [6.07, 6.45) is -0.359. The Morgan fingerprint density at radius 2 is 2.20 bits per heavy atom. The van der Waals surface area contributed by atoms with Crippen LogP contribution in [-0.4, -0.2) is 22.0 Å². The number of methoxy groups -OCH3 is 1. The highest BCUT2D eigenvalue weighted by Gasteiger charge is 2.21. The number of aliphatic hydroxyl groups is 1. The molecule has 0 saturated heterocycles. The Kier molecular flexibility index (Phi) is 4.73. The van der Waals surface area contributed by atoms with Crippen molar-refractivity contribution in [3.05, 3.63) is 44.6 Å². The van der Waals surface area contributed by atoms with Crippen LogP contribution in [0.3, 0.4) is 0 Å². The number of aryl methyl sites for hydroxylation is 2. The minimum atomic E-state index is -0.759. The van der Waals surface area contributed by atoms with E-state index in [9.17, 15) is 5.11 Å². The van der Waals surface area contributed by atoms with Gasteiger partial charge in [0.2, 0.25) is 0 Å². The molecular weight excluding hydrogens is 344 g/mol. The minimum Gasteiger partial charge on any atom is -0.496 e. The van der Waals surface area contributed by atoms with Gasteiger partial charge in [-0.2, -0.15) is 5.10 Å². The Morgan fingerprint density at radius 3 is 2.75 bits per heavy atom. The maximum atomic E-state index is 10.5. The summed E-state index contributed by atoms with van der Waals surface area (Å²) < 4.78 is 7.94. The Balaban J connectivity index is 2.35. The van der Waals surface area contributed by atoms with E-state index >= 15 is 0 Å². The Labute approximate surface area is 131 Å². The third kappa shape index (κ3) is 2.85. The van der Waals surface area contributed by atoms with E-state index in [0.717, 1.165) is 15.9 Å². The first-order chi connectivity index (χ1) is 9.45. The van der Waals surface area contributed by atoms with Crippen LogP contribution in [0.4, 0.5) is 0 Å². The lowest BCUT2D eigenvalue weighted by atomic mass is 10.0. The molecule has 20 heavy (non-hydrogen) atoms. The summed E-state index contributed by atoms with van der Waals surface area (Å²) in [6, 6.07) is 5.32. The number of nitrogens with zero attached hydrogens (tertiary/aromatic N) is 2. The van der Waals surface area contributed by atoms with Crippen LogP contribution >= 0.6 is 27.5 Å². The molecule has 0 radical (unpaired) electrons. The summed E-state index contributed by atoms with van der Waals surface area (Å²) in [5.74, 6) is 0.583. The second-order valence-electron chi connectivity index (χ2n) is 4.55. The highest BCUT2D eigenvalue weighted by molar-refractivity contribution is 9.10. The molecule has 6 heteroatoms. The fourth-order valence-electron chi connectivity index (χ4n) is 2.21. The second-order valence-corrected chi connectivity index (χ2v) is 5.75. The zero-order valence-electron chi connectivity index (χ0n) is 11.5. The number of rotatable bonds is 4. The second kappa shape index (κ2) is 6.16. The van der Waals surface area contributed by atoms with Crippen molar-refractivity contribution in [1.82, 2.24) is 9.78 Å². The maximum Gasteiger partial charge on any atom is 0.126 e. The van der Waals surface area contributed by atoms with E-state index in [1.54, 1.807) is 30.0 Å². The predicted molar refractivity (Wildman–Crippen MR) is 82.3 cm³/mol.